The number of carbonyl (C=O) groups excluding carboxylic acids is 2. The van der Waals surface area contributed by atoms with Gasteiger partial charge in [-0.2, -0.15) is 0 Å². The first kappa shape index (κ1) is 24.2. The van der Waals surface area contributed by atoms with E-state index in [1.54, 1.807) is 42.5 Å². The second-order valence-corrected chi connectivity index (χ2v) is 8.17. The summed E-state index contributed by atoms with van der Waals surface area (Å²) in [6.07, 6.45) is 0.0395. The third-order valence-corrected chi connectivity index (χ3v) is 4.96. The first-order chi connectivity index (χ1) is 15.8. The van der Waals surface area contributed by atoms with Gasteiger partial charge in [-0.3, -0.25) is 14.5 Å². The molecule has 33 heavy (non-hydrogen) atoms. The molecular weight excluding hydrogens is 420 g/mol. The van der Waals surface area contributed by atoms with Crippen LogP contribution in [0.5, 0.6) is 17.2 Å². The molecule has 7 heteroatoms. The Morgan fingerprint density at radius 2 is 1.48 bits per heavy atom. The molecule has 2 aromatic rings. The van der Waals surface area contributed by atoms with Crippen molar-refractivity contribution in [3.63, 3.8) is 0 Å². The van der Waals surface area contributed by atoms with Crippen molar-refractivity contribution in [3.8, 4) is 17.2 Å². The molecule has 7 nitrogen and oxygen atoms in total. The van der Waals surface area contributed by atoms with Crippen molar-refractivity contribution in [1.82, 2.24) is 4.90 Å². The highest BCUT2D eigenvalue weighted by Gasteiger charge is 2.40. The molecule has 0 saturated heterocycles. The standard InChI is InChI=1S/C26H32N2O5/c1-7-31-21-14-11-19(15-22(21)32-8-2)27-24-23(25(29)28(16(3)4)26(24)30)18-9-12-20(13-10-18)33-17(5)6/h9-17,27H,7-8H2,1-6H3. The molecule has 176 valence electrons. The minimum absolute atomic E-state index is 0.0395. The van der Waals surface area contributed by atoms with E-state index in [1.807, 2.05) is 41.5 Å². The summed E-state index contributed by atoms with van der Waals surface area (Å²) >= 11 is 0. The third-order valence-electron chi connectivity index (χ3n) is 4.96. The molecule has 0 bridgehead atoms. The minimum Gasteiger partial charge on any atom is -0.491 e. The molecule has 0 atom stereocenters. The molecule has 0 radical (unpaired) electrons. The van der Waals surface area contributed by atoms with E-state index in [-0.39, 0.29) is 29.7 Å². The number of anilines is 1. The number of ether oxygens (including phenoxy) is 3. The normalized spacial score (nSPS) is 13.9. The SMILES string of the molecule is CCOc1ccc(NC2=C(c3ccc(OC(C)C)cc3)C(=O)N(C(C)C)C2=O)cc1OCC. The first-order valence-corrected chi connectivity index (χ1v) is 11.3. The van der Waals surface area contributed by atoms with Crippen LogP contribution in [0.4, 0.5) is 5.69 Å². The summed E-state index contributed by atoms with van der Waals surface area (Å²) in [5, 5.41) is 3.17. The van der Waals surface area contributed by atoms with Gasteiger partial charge in [-0.25, -0.2) is 0 Å². The maximum Gasteiger partial charge on any atom is 0.278 e. The Kier molecular flexibility index (Phi) is 7.63. The van der Waals surface area contributed by atoms with E-state index < -0.39 is 0 Å². The predicted octanol–water partition coefficient (Wildman–Crippen LogP) is 4.87. The van der Waals surface area contributed by atoms with Crippen LogP contribution in [-0.2, 0) is 9.59 Å². The second kappa shape index (κ2) is 10.4. The molecule has 1 N–H and O–H groups in total. The van der Waals surface area contributed by atoms with Crippen molar-refractivity contribution >= 4 is 23.1 Å². The number of nitrogens with one attached hydrogen (secondary N) is 1. The lowest BCUT2D eigenvalue weighted by atomic mass is 10.0. The van der Waals surface area contributed by atoms with Crippen LogP contribution in [-0.4, -0.2) is 42.1 Å². The van der Waals surface area contributed by atoms with Gasteiger partial charge in [0.2, 0.25) is 0 Å². The van der Waals surface area contributed by atoms with E-state index in [9.17, 15) is 9.59 Å². The van der Waals surface area contributed by atoms with E-state index in [4.69, 9.17) is 14.2 Å². The van der Waals surface area contributed by atoms with Gasteiger partial charge < -0.3 is 19.5 Å². The predicted molar refractivity (Wildman–Crippen MR) is 129 cm³/mol. The maximum absolute atomic E-state index is 13.3. The summed E-state index contributed by atoms with van der Waals surface area (Å²) in [5.41, 5.74) is 1.83. The number of rotatable bonds is 10. The van der Waals surface area contributed by atoms with Gasteiger partial charge >= 0.3 is 0 Å². The molecular formula is C26H32N2O5. The van der Waals surface area contributed by atoms with E-state index in [1.165, 1.54) is 4.90 Å². The molecule has 2 amide bonds. The van der Waals surface area contributed by atoms with Gasteiger partial charge in [-0.05, 0) is 71.4 Å². The van der Waals surface area contributed by atoms with Gasteiger partial charge in [0.15, 0.2) is 11.5 Å². The Labute approximate surface area is 195 Å². The topological polar surface area (TPSA) is 77.1 Å². The zero-order valence-electron chi connectivity index (χ0n) is 20.1. The van der Waals surface area contributed by atoms with Gasteiger partial charge in [0, 0.05) is 17.8 Å². The smallest absolute Gasteiger partial charge is 0.278 e. The maximum atomic E-state index is 13.3. The fourth-order valence-electron chi connectivity index (χ4n) is 3.65. The monoisotopic (exact) mass is 452 g/mol. The third kappa shape index (κ3) is 5.30. The highest BCUT2D eigenvalue weighted by molar-refractivity contribution is 6.36. The molecule has 0 fully saturated rings. The largest absolute Gasteiger partial charge is 0.491 e. The van der Waals surface area contributed by atoms with E-state index in [2.05, 4.69) is 5.32 Å². The molecule has 2 aromatic carbocycles. The average Bonchev–Trinajstić information content (AvgIpc) is 3.00. The summed E-state index contributed by atoms with van der Waals surface area (Å²) in [4.78, 5) is 27.8. The number of amides is 2. The van der Waals surface area contributed by atoms with Crippen LogP contribution in [0, 0.1) is 0 Å². The lowest BCUT2D eigenvalue weighted by Crippen LogP contribution is -2.38. The summed E-state index contributed by atoms with van der Waals surface area (Å²) < 4.78 is 17.0. The molecule has 0 unspecified atom stereocenters. The van der Waals surface area contributed by atoms with Gasteiger partial charge in [-0.15, -0.1) is 0 Å². The van der Waals surface area contributed by atoms with Crippen molar-refractivity contribution < 1.29 is 23.8 Å². The zero-order chi connectivity index (χ0) is 24.1. The number of carbonyl (C=O) groups is 2. The van der Waals surface area contributed by atoms with Crippen molar-refractivity contribution in [2.45, 2.75) is 53.7 Å². The van der Waals surface area contributed by atoms with Gasteiger partial charge in [0.25, 0.3) is 11.8 Å². The Hall–Kier alpha value is -3.48. The van der Waals surface area contributed by atoms with Crippen LogP contribution in [0.15, 0.2) is 48.2 Å². The number of hydrogen-bond donors (Lipinski definition) is 1. The van der Waals surface area contributed by atoms with Crippen LogP contribution in [0.25, 0.3) is 5.57 Å². The lowest BCUT2D eigenvalue weighted by molar-refractivity contribution is -0.138. The molecule has 3 rings (SSSR count). The summed E-state index contributed by atoms with van der Waals surface area (Å²) in [6, 6.07) is 12.3. The zero-order valence-corrected chi connectivity index (χ0v) is 20.1. The van der Waals surface area contributed by atoms with Crippen molar-refractivity contribution in [2.75, 3.05) is 18.5 Å². The lowest BCUT2D eigenvalue weighted by Gasteiger charge is -2.19. The van der Waals surface area contributed by atoms with E-state index in [0.717, 1.165) is 0 Å². The highest BCUT2D eigenvalue weighted by Crippen LogP contribution is 2.35. The quantitative estimate of drug-likeness (QED) is 0.518. The molecule has 0 aromatic heterocycles. The molecule has 0 spiro atoms. The van der Waals surface area contributed by atoms with Crippen molar-refractivity contribution in [1.29, 1.82) is 0 Å². The summed E-state index contributed by atoms with van der Waals surface area (Å²) in [5.74, 6) is 1.20. The van der Waals surface area contributed by atoms with Crippen LogP contribution in [0.2, 0.25) is 0 Å². The molecule has 1 aliphatic rings. The number of imide groups is 1. The Balaban J connectivity index is 2.02. The first-order valence-electron chi connectivity index (χ1n) is 11.3. The van der Waals surface area contributed by atoms with Crippen LogP contribution in [0.1, 0.15) is 47.1 Å². The molecule has 1 aliphatic heterocycles. The van der Waals surface area contributed by atoms with Crippen LogP contribution < -0.4 is 19.5 Å². The van der Waals surface area contributed by atoms with Crippen molar-refractivity contribution in [2.24, 2.45) is 0 Å². The fraction of sp³-hybridized carbons (Fsp3) is 0.385. The molecule has 0 saturated carbocycles. The molecule has 0 aliphatic carbocycles. The summed E-state index contributed by atoms with van der Waals surface area (Å²) in [6.45, 7) is 12.3. The minimum atomic E-state index is -0.362. The fourth-order valence-corrected chi connectivity index (χ4v) is 3.65. The Bertz CT molecular complexity index is 1040. The number of hydrogen-bond acceptors (Lipinski definition) is 6. The van der Waals surface area contributed by atoms with Crippen LogP contribution >= 0.6 is 0 Å². The molecule has 1 heterocycles. The van der Waals surface area contributed by atoms with E-state index in [0.29, 0.717) is 47.3 Å². The Morgan fingerprint density at radius 1 is 0.848 bits per heavy atom. The number of benzene rings is 2. The average molecular weight is 453 g/mol. The van der Waals surface area contributed by atoms with Gasteiger partial charge in [0.05, 0.1) is 24.9 Å². The van der Waals surface area contributed by atoms with E-state index >= 15 is 0 Å². The Morgan fingerprint density at radius 3 is 2.06 bits per heavy atom. The van der Waals surface area contributed by atoms with Crippen LogP contribution in [0.3, 0.4) is 0 Å². The van der Waals surface area contributed by atoms with Gasteiger partial charge in [-0.1, -0.05) is 12.1 Å². The number of nitrogens with zero attached hydrogens (tertiary/aromatic N) is 1. The highest BCUT2D eigenvalue weighted by atomic mass is 16.5. The van der Waals surface area contributed by atoms with Crippen molar-refractivity contribution in [3.05, 3.63) is 53.7 Å². The second-order valence-electron chi connectivity index (χ2n) is 8.17. The van der Waals surface area contributed by atoms with Gasteiger partial charge in [0.1, 0.15) is 11.4 Å². The summed E-state index contributed by atoms with van der Waals surface area (Å²) in [7, 11) is 0.